The quantitative estimate of drug-likeness (QED) is 0.636. The number of carbonyl (C=O) groups is 1. The normalized spacial score (nSPS) is 20.9. The average Bonchev–Trinajstić information content (AvgIpc) is 2.97. The lowest BCUT2D eigenvalue weighted by molar-refractivity contribution is -0.133. The summed E-state index contributed by atoms with van der Waals surface area (Å²) in [6, 6.07) is 14.6. The maximum Gasteiger partial charge on any atom is 0.262 e. The van der Waals surface area contributed by atoms with Gasteiger partial charge >= 0.3 is 0 Å². The van der Waals surface area contributed by atoms with Gasteiger partial charge in [-0.15, -0.1) is 0 Å². The van der Waals surface area contributed by atoms with Crippen LogP contribution in [0.3, 0.4) is 0 Å². The van der Waals surface area contributed by atoms with Gasteiger partial charge in [-0.3, -0.25) is 4.79 Å². The topological polar surface area (TPSA) is 52.3 Å². The molecule has 27 heavy (non-hydrogen) atoms. The molecule has 0 aromatic heterocycles. The Labute approximate surface area is 162 Å². The van der Waals surface area contributed by atoms with E-state index in [4.69, 9.17) is 10.5 Å². The van der Waals surface area contributed by atoms with Crippen molar-refractivity contribution >= 4 is 5.91 Å². The van der Waals surface area contributed by atoms with Crippen LogP contribution in [-0.2, 0) is 4.79 Å². The zero-order chi connectivity index (χ0) is 19.4. The van der Waals surface area contributed by atoms with Crippen LogP contribution < -0.4 is 10.5 Å². The van der Waals surface area contributed by atoms with Crippen LogP contribution in [0.15, 0.2) is 42.5 Å². The van der Waals surface area contributed by atoms with Crippen LogP contribution in [0.2, 0.25) is 0 Å². The van der Waals surface area contributed by atoms with E-state index >= 15 is 0 Å². The van der Waals surface area contributed by atoms with Crippen LogP contribution in [0.1, 0.15) is 73.6 Å². The molecule has 0 radical (unpaired) electrons. The third kappa shape index (κ3) is 3.87. The fraction of sp³-hybridized carbons (Fsp3) is 0.458. The molecule has 3 heteroatoms. The summed E-state index contributed by atoms with van der Waals surface area (Å²) < 4.78 is 6.34. The molecule has 1 heterocycles. The minimum atomic E-state index is -1.00. The minimum absolute atomic E-state index is 0.156. The number of rotatable bonds is 8. The molecule has 3 nitrogen and oxygen atoms in total. The molecule has 1 amide bonds. The number of amides is 1. The molecule has 0 saturated heterocycles. The molecule has 2 unspecified atom stereocenters. The lowest BCUT2D eigenvalue weighted by atomic mass is 9.75. The molecule has 0 saturated carbocycles. The fourth-order valence-electron chi connectivity index (χ4n) is 4.20. The second-order valence-electron chi connectivity index (χ2n) is 7.90. The van der Waals surface area contributed by atoms with Gasteiger partial charge in [0.15, 0.2) is 5.60 Å². The van der Waals surface area contributed by atoms with E-state index in [-0.39, 0.29) is 11.8 Å². The van der Waals surface area contributed by atoms with Gasteiger partial charge in [-0.05, 0) is 38.3 Å². The van der Waals surface area contributed by atoms with Crippen molar-refractivity contribution in [2.75, 3.05) is 0 Å². The van der Waals surface area contributed by atoms with Gasteiger partial charge in [0.2, 0.25) is 0 Å². The highest BCUT2D eigenvalue weighted by Crippen LogP contribution is 2.50. The largest absolute Gasteiger partial charge is 0.476 e. The number of carbonyl (C=O) groups excluding carboxylic acids is 1. The van der Waals surface area contributed by atoms with Crippen molar-refractivity contribution in [3.8, 4) is 5.75 Å². The predicted molar refractivity (Wildman–Crippen MR) is 110 cm³/mol. The number of unbranched alkanes of at least 4 members (excludes halogenated alkanes) is 4. The SMILES string of the molecule is CCCCCCCC1(C(N)=O)Oc2ccc(C)cc2C1c1ccc(C)cc1. The first-order valence-electron chi connectivity index (χ1n) is 10.1. The van der Waals surface area contributed by atoms with E-state index in [2.05, 4.69) is 51.1 Å². The molecule has 0 fully saturated rings. The van der Waals surface area contributed by atoms with Gasteiger partial charge in [0.05, 0.1) is 5.92 Å². The van der Waals surface area contributed by atoms with E-state index in [9.17, 15) is 4.79 Å². The van der Waals surface area contributed by atoms with Crippen molar-refractivity contribution < 1.29 is 9.53 Å². The van der Waals surface area contributed by atoms with Crippen LogP contribution in [0.5, 0.6) is 5.75 Å². The van der Waals surface area contributed by atoms with Crippen molar-refractivity contribution in [2.24, 2.45) is 5.73 Å². The van der Waals surface area contributed by atoms with Crippen LogP contribution in [-0.4, -0.2) is 11.5 Å². The molecule has 0 bridgehead atoms. The lowest BCUT2D eigenvalue weighted by Gasteiger charge is -2.32. The van der Waals surface area contributed by atoms with Crippen molar-refractivity contribution in [1.29, 1.82) is 0 Å². The smallest absolute Gasteiger partial charge is 0.262 e. The second-order valence-corrected chi connectivity index (χ2v) is 7.90. The van der Waals surface area contributed by atoms with Crippen molar-refractivity contribution in [1.82, 2.24) is 0 Å². The molecule has 2 aromatic rings. The van der Waals surface area contributed by atoms with Gasteiger partial charge in [0.25, 0.3) is 5.91 Å². The van der Waals surface area contributed by atoms with Crippen LogP contribution in [0.4, 0.5) is 0 Å². The Morgan fingerprint density at radius 3 is 2.33 bits per heavy atom. The van der Waals surface area contributed by atoms with Gasteiger partial charge < -0.3 is 10.5 Å². The van der Waals surface area contributed by atoms with E-state index < -0.39 is 5.60 Å². The number of primary amides is 1. The first-order chi connectivity index (χ1) is 13.0. The summed E-state index contributed by atoms with van der Waals surface area (Å²) in [5, 5.41) is 0. The molecule has 2 N–H and O–H groups in total. The number of nitrogens with two attached hydrogens (primary N) is 1. The van der Waals surface area contributed by atoms with Crippen LogP contribution in [0.25, 0.3) is 0 Å². The molecule has 1 aliphatic heterocycles. The highest BCUT2D eigenvalue weighted by Gasteiger charge is 2.53. The molecule has 144 valence electrons. The summed E-state index contributed by atoms with van der Waals surface area (Å²) in [5.74, 6) is 0.271. The summed E-state index contributed by atoms with van der Waals surface area (Å²) in [4.78, 5) is 12.7. The first kappa shape index (κ1) is 19.5. The standard InChI is InChI=1S/C24H31NO2/c1-4-5-6-7-8-15-24(23(25)26)22(19-12-9-17(2)10-13-19)20-16-18(3)11-14-21(20)27-24/h9-14,16,22H,4-8,15H2,1-3H3,(H2,25,26). The maximum atomic E-state index is 12.7. The number of fused-ring (bicyclic) bond motifs is 1. The third-order valence-electron chi connectivity index (χ3n) is 5.71. The average molecular weight is 366 g/mol. The molecule has 2 atom stereocenters. The molecule has 0 aliphatic carbocycles. The van der Waals surface area contributed by atoms with Gasteiger partial charge in [-0.1, -0.05) is 80.1 Å². The summed E-state index contributed by atoms with van der Waals surface area (Å²) in [7, 11) is 0. The Bertz CT molecular complexity index is 797. The molecular weight excluding hydrogens is 334 g/mol. The Hall–Kier alpha value is -2.29. The number of benzene rings is 2. The Morgan fingerprint density at radius 1 is 1.00 bits per heavy atom. The summed E-state index contributed by atoms with van der Waals surface area (Å²) >= 11 is 0. The van der Waals surface area contributed by atoms with E-state index in [0.29, 0.717) is 6.42 Å². The summed E-state index contributed by atoms with van der Waals surface area (Å²) in [6.45, 7) is 6.35. The highest BCUT2D eigenvalue weighted by molar-refractivity contribution is 5.87. The number of ether oxygens (including phenoxy) is 1. The van der Waals surface area contributed by atoms with Crippen molar-refractivity contribution in [3.05, 3.63) is 64.7 Å². The second kappa shape index (κ2) is 8.16. The Morgan fingerprint density at radius 2 is 1.67 bits per heavy atom. The maximum absolute atomic E-state index is 12.7. The molecular formula is C24H31NO2. The molecule has 2 aromatic carbocycles. The van der Waals surface area contributed by atoms with Crippen molar-refractivity contribution in [3.63, 3.8) is 0 Å². The zero-order valence-corrected chi connectivity index (χ0v) is 16.8. The summed E-state index contributed by atoms with van der Waals surface area (Å²) in [6.07, 6.45) is 6.31. The Balaban J connectivity index is 1.99. The molecule has 0 spiro atoms. The van der Waals surface area contributed by atoms with Crippen molar-refractivity contribution in [2.45, 2.75) is 70.8 Å². The van der Waals surface area contributed by atoms with Gasteiger partial charge in [0.1, 0.15) is 5.75 Å². The predicted octanol–water partition coefficient (Wildman–Crippen LogP) is 5.41. The number of hydrogen-bond donors (Lipinski definition) is 1. The number of aryl methyl sites for hydroxylation is 2. The van der Waals surface area contributed by atoms with E-state index in [1.54, 1.807) is 0 Å². The fourth-order valence-corrected chi connectivity index (χ4v) is 4.20. The monoisotopic (exact) mass is 365 g/mol. The summed E-state index contributed by atoms with van der Waals surface area (Å²) in [5.41, 5.74) is 9.52. The van der Waals surface area contributed by atoms with Gasteiger partial charge in [-0.2, -0.15) is 0 Å². The Kier molecular flexibility index (Phi) is 5.88. The van der Waals surface area contributed by atoms with Gasteiger partial charge in [-0.25, -0.2) is 0 Å². The first-order valence-corrected chi connectivity index (χ1v) is 10.1. The third-order valence-corrected chi connectivity index (χ3v) is 5.71. The van der Waals surface area contributed by atoms with Gasteiger partial charge in [0, 0.05) is 5.56 Å². The lowest BCUT2D eigenvalue weighted by Crippen LogP contribution is -2.50. The molecule has 1 aliphatic rings. The van der Waals surface area contributed by atoms with Crippen LogP contribution >= 0.6 is 0 Å². The molecule has 3 rings (SSSR count). The van der Waals surface area contributed by atoms with Crippen LogP contribution in [0, 0.1) is 13.8 Å². The number of hydrogen-bond acceptors (Lipinski definition) is 2. The minimum Gasteiger partial charge on any atom is -0.476 e. The van der Waals surface area contributed by atoms with E-state index in [1.807, 2.05) is 12.1 Å². The highest BCUT2D eigenvalue weighted by atomic mass is 16.5. The van der Waals surface area contributed by atoms with E-state index in [1.165, 1.54) is 24.8 Å². The zero-order valence-electron chi connectivity index (χ0n) is 16.8. The van der Waals surface area contributed by atoms with E-state index in [0.717, 1.165) is 35.3 Å².